The van der Waals surface area contributed by atoms with Crippen LogP contribution in [0, 0.1) is 13.8 Å². The number of anilines is 1. The van der Waals surface area contributed by atoms with E-state index in [-0.39, 0.29) is 30.8 Å². The second-order valence-corrected chi connectivity index (χ2v) is 8.33. The van der Waals surface area contributed by atoms with Gasteiger partial charge in [-0.25, -0.2) is 0 Å². The quantitative estimate of drug-likeness (QED) is 0.627. The number of ketones is 1. The number of nitrogens with zero attached hydrogens (tertiary/aromatic N) is 2. The highest BCUT2D eigenvalue weighted by Crippen LogP contribution is 2.35. The molecule has 2 heterocycles. The maximum atomic E-state index is 13.0. The smallest absolute Gasteiger partial charge is 0.265 e. The monoisotopic (exact) mass is 452 g/mol. The van der Waals surface area contributed by atoms with E-state index in [1.54, 1.807) is 30.0 Å². The average Bonchev–Trinajstić information content (AvgIpc) is 2.82. The van der Waals surface area contributed by atoms with Crippen molar-refractivity contribution in [1.82, 2.24) is 4.90 Å². The van der Waals surface area contributed by atoms with Crippen LogP contribution in [-0.4, -0.2) is 68.1 Å². The predicted molar refractivity (Wildman–Crippen MR) is 122 cm³/mol. The van der Waals surface area contributed by atoms with Gasteiger partial charge in [0, 0.05) is 18.7 Å². The van der Waals surface area contributed by atoms with Gasteiger partial charge in [0.2, 0.25) is 5.91 Å². The molecule has 1 saturated heterocycles. The van der Waals surface area contributed by atoms with Gasteiger partial charge in [-0.1, -0.05) is 17.7 Å². The predicted octanol–water partition coefficient (Wildman–Crippen LogP) is 2.54. The Morgan fingerprint density at radius 2 is 1.85 bits per heavy atom. The minimum absolute atomic E-state index is 0.139. The molecular formula is C25H28N2O6. The van der Waals surface area contributed by atoms with E-state index in [4.69, 9.17) is 14.2 Å². The summed E-state index contributed by atoms with van der Waals surface area (Å²) in [6.07, 6.45) is 0. The number of benzene rings is 2. The van der Waals surface area contributed by atoms with E-state index in [1.165, 1.54) is 4.90 Å². The summed E-state index contributed by atoms with van der Waals surface area (Å²) in [6.45, 7) is 7.26. The van der Waals surface area contributed by atoms with Gasteiger partial charge in [0.15, 0.2) is 19.0 Å². The molecule has 174 valence electrons. The van der Waals surface area contributed by atoms with Crippen molar-refractivity contribution in [3.8, 4) is 11.5 Å². The molecule has 0 N–H and O–H groups in total. The lowest BCUT2D eigenvalue weighted by atomic mass is 10.1. The number of hydrogen-bond acceptors (Lipinski definition) is 6. The van der Waals surface area contributed by atoms with Crippen LogP contribution in [-0.2, 0) is 14.3 Å². The first-order valence-corrected chi connectivity index (χ1v) is 11.0. The molecule has 8 nitrogen and oxygen atoms in total. The molecule has 33 heavy (non-hydrogen) atoms. The van der Waals surface area contributed by atoms with Crippen LogP contribution < -0.4 is 14.4 Å². The number of amides is 2. The van der Waals surface area contributed by atoms with Gasteiger partial charge in [-0.3, -0.25) is 19.3 Å². The first kappa shape index (κ1) is 22.8. The average molecular weight is 453 g/mol. The normalized spacial score (nSPS) is 16.6. The largest absolute Gasteiger partial charge is 0.485 e. The minimum atomic E-state index is -0.727. The SMILES string of the molecule is Cc1ccc(OCC(=O)c2ccc3c(c2)N([C@@H](C)C(=O)N2CCOCC2)C(=O)CO3)c(C)c1. The molecule has 0 aliphatic carbocycles. The van der Waals surface area contributed by atoms with Crippen molar-refractivity contribution in [2.45, 2.75) is 26.8 Å². The van der Waals surface area contributed by atoms with Crippen LogP contribution in [0.25, 0.3) is 0 Å². The van der Waals surface area contributed by atoms with Crippen molar-refractivity contribution in [1.29, 1.82) is 0 Å². The Morgan fingerprint density at radius 3 is 2.58 bits per heavy atom. The second-order valence-electron chi connectivity index (χ2n) is 8.33. The number of aryl methyl sites for hydroxylation is 2. The molecule has 2 amide bonds. The van der Waals surface area contributed by atoms with Crippen molar-refractivity contribution >= 4 is 23.3 Å². The Hall–Kier alpha value is -3.39. The van der Waals surface area contributed by atoms with E-state index >= 15 is 0 Å². The number of morpholine rings is 1. The molecule has 0 saturated carbocycles. The molecule has 2 aliphatic rings. The summed E-state index contributed by atoms with van der Waals surface area (Å²) in [4.78, 5) is 41.8. The number of Topliss-reactive ketones (excluding diaryl/α,β-unsaturated/α-hetero) is 1. The summed E-state index contributed by atoms with van der Waals surface area (Å²) < 4.78 is 16.6. The Balaban J connectivity index is 1.53. The molecule has 2 aromatic carbocycles. The molecule has 0 spiro atoms. The standard InChI is InChI=1S/C25H28N2O6/c1-16-4-6-22(17(2)12-16)32-14-21(28)19-5-7-23-20(13-19)27(24(29)15-33-23)18(3)25(30)26-8-10-31-11-9-26/h4-7,12-13,18H,8-11,14-15H2,1-3H3/t18-/m0/s1. The summed E-state index contributed by atoms with van der Waals surface area (Å²) >= 11 is 0. The first-order chi connectivity index (χ1) is 15.8. The van der Waals surface area contributed by atoms with Gasteiger partial charge >= 0.3 is 0 Å². The van der Waals surface area contributed by atoms with E-state index in [0.717, 1.165) is 11.1 Å². The Labute approximate surface area is 193 Å². The van der Waals surface area contributed by atoms with Crippen molar-refractivity contribution in [3.63, 3.8) is 0 Å². The van der Waals surface area contributed by atoms with E-state index in [1.807, 2.05) is 32.0 Å². The summed E-state index contributed by atoms with van der Waals surface area (Å²) in [6, 6.07) is 9.95. The number of ether oxygens (including phenoxy) is 3. The van der Waals surface area contributed by atoms with Gasteiger partial charge in [0.1, 0.15) is 17.5 Å². The number of fused-ring (bicyclic) bond motifs is 1. The maximum absolute atomic E-state index is 13.0. The summed E-state index contributed by atoms with van der Waals surface area (Å²) in [5.74, 6) is 0.393. The summed E-state index contributed by atoms with van der Waals surface area (Å²) in [5.41, 5.74) is 2.87. The molecule has 0 unspecified atom stereocenters. The van der Waals surface area contributed by atoms with Gasteiger partial charge in [-0.05, 0) is 50.6 Å². The summed E-state index contributed by atoms with van der Waals surface area (Å²) in [7, 11) is 0. The van der Waals surface area contributed by atoms with Crippen LogP contribution >= 0.6 is 0 Å². The third kappa shape index (κ3) is 4.85. The number of carbonyl (C=O) groups is 3. The molecule has 2 aromatic rings. The van der Waals surface area contributed by atoms with Crippen LogP contribution in [0.3, 0.4) is 0 Å². The van der Waals surface area contributed by atoms with Gasteiger partial charge in [-0.15, -0.1) is 0 Å². The fraction of sp³-hybridized carbons (Fsp3) is 0.400. The lowest BCUT2D eigenvalue weighted by Crippen LogP contribution is -2.54. The first-order valence-electron chi connectivity index (χ1n) is 11.0. The highest BCUT2D eigenvalue weighted by Gasteiger charge is 2.36. The van der Waals surface area contributed by atoms with E-state index in [2.05, 4.69) is 0 Å². The molecule has 1 fully saturated rings. The van der Waals surface area contributed by atoms with E-state index in [0.29, 0.717) is 49.1 Å². The van der Waals surface area contributed by atoms with Crippen LogP contribution in [0.1, 0.15) is 28.4 Å². The van der Waals surface area contributed by atoms with Crippen molar-refractivity contribution in [2.75, 3.05) is 44.4 Å². The zero-order chi connectivity index (χ0) is 23.5. The fourth-order valence-electron chi connectivity index (χ4n) is 4.12. The lowest BCUT2D eigenvalue weighted by molar-refractivity contribution is -0.138. The molecule has 1 atom stereocenters. The molecule has 4 rings (SSSR count). The van der Waals surface area contributed by atoms with Crippen LogP contribution in [0.5, 0.6) is 11.5 Å². The van der Waals surface area contributed by atoms with Gasteiger partial charge in [0.05, 0.1) is 18.9 Å². The maximum Gasteiger partial charge on any atom is 0.265 e. The molecule has 0 bridgehead atoms. The van der Waals surface area contributed by atoms with Gasteiger partial charge < -0.3 is 19.1 Å². The molecular weight excluding hydrogens is 424 g/mol. The topological polar surface area (TPSA) is 85.4 Å². The van der Waals surface area contributed by atoms with Crippen LogP contribution in [0.15, 0.2) is 36.4 Å². The number of rotatable bonds is 6. The number of hydrogen-bond donors (Lipinski definition) is 0. The highest BCUT2D eigenvalue weighted by molar-refractivity contribution is 6.05. The second kappa shape index (κ2) is 9.62. The molecule has 8 heteroatoms. The van der Waals surface area contributed by atoms with E-state index in [9.17, 15) is 14.4 Å². The Morgan fingerprint density at radius 1 is 1.09 bits per heavy atom. The van der Waals surface area contributed by atoms with E-state index < -0.39 is 6.04 Å². The minimum Gasteiger partial charge on any atom is -0.485 e. The molecule has 2 aliphatic heterocycles. The van der Waals surface area contributed by atoms with Crippen molar-refractivity contribution in [2.24, 2.45) is 0 Å². The molecule has 0 aromatic heterocycles. The van der Waals surface area contributed by atoms with Gasteiger partial charge in [-0.2, -0.15) is 0 Å². The highest BCUT2D eigenvalue weighted by atomic mass is 16.5. The Kier molecular flexibility index (Phi) is 6.65. The summed E-state index contributed by atoms with van der Waals surface area (Å²) in [5, 5.41) is 0. The fourth-order valence-corrected chi connectivity index (χ4v) is 4.12. The Bertz CT molecular complexity index is 1080. The third-order valence-corrected chi connectivity index (χ3v) is 5.92. The van der Waals surface area contributed by atoms with Gasteiger partial charge in [0.25, 0.3) is 5.91 Å². The zero-order valence-corrected chi connectivity index (χ0v) is 19.1. The zero-order valence-electron chi connectivity index (χ0n) is 19.1. The van der Waals surface area contributed by atoms with Crippen molar-refractivity contribution < 1.29 is 28.6 Å². The lowest BCUT2D eigenvalue weighted by Gasteiger charge is -2.37. The van der Waals surface area contributed by atoms with Crippen LogP contribution in [0.2, 0.25) is 0 Å². The molecule has 0 radical (unpaired) electrons. The van der Waals surface area contributed by atoms with Crippen molar-refractivity contribution in [3.05, 3.63) is 53.1 Å². The van der Waals surface area contributed by atoms with Crippen LogP contribution in [0.4, 0.5) is 5.69 Å². The number of carbonyl (C=O) groups excluding carboxylic acids is 3. The third-order valence-electron chi connectivity index (χ3n) is 5.92.